The molecule has 0 nitrogen and oxygen atoms in total. The molecule has 0 aliphatic rings. The predicted molar refractivity (Wildman–Crippen MR) is 65.8 cm³/mol. The van der Waals surface area contributed by atoms with Crippen LogP contribution in [-0.2, 0) is 6.42 Å². The van der Waals surface area contributed by atoms with Crippen molar-refractivity contribution >= 4 is 6.08 Å². The van der Waals surface area contributed by atoms with Gasteiger partial charge < -0.3 is 0 Å². The first kappa shape index (κ1) is 9.72. The second-order valence-corrected chi connectivity index (χ2v) is 3.61. The minimum Gasteiger partial charge on any atom is -0.0985 e. The molecule has 2 rings (SSSR count). The van der Waals surface area contributed by atoms with Gasteiger partial charge in [-0.25, -0.2) is 0 Å². The number of rotatable bonds is 3. The first-order valence-electron chi connectivity index (χ1n) is 5.14. The highest BCUT2D eigenvalue weighted by Crippen LogP contribution is 2.11. The molecule has 74 valence electrons. The zero-order valence-electron chi connectivity index (χ0n) is 8.69. The van der Waals surface area contributed by atoms with Gasteiger partial charge in [0.25, 0.3) is 0 Å². The van der Waals surface area contributed by atoms with Crippen LogP contribution in [-0.4, -0.2) is 0 Å². The molecule has 0 N–H and O–H groups in total. The van der Waals surface area contributed by atoms with Gasteiger partial charge in [-0.2, -0.15) is 0 Å². The van der Waals surface area contributed by atoms with Crippen LogP contribution < -0.4 is 0 Å². The standard InChI is InChI=1S/C15H14/c1-2-13-9-6-10-15(11-13)12-14-7-4-3-5-8-14/h2-11H,1,12H2. The van der Waals surface area contributed by atoms with E-state index in [1.807, 2.05) is 12.1 Å². The van der Waals surface area contributed by atoms with Crippen LogP contribution in [0, 0.1) is 0 Å². The van der Waals surface area contributed by atoms with Gasteiger partial charge >= 0.3 is 0 Å². The van der Waals surface area contributed by atoms with E-state index >= 15 is 0 Å². The van der Waals surface area contributed by atoms with Gasteiger partial charge in [0.2, 0.25) is 0 Å². The van der Waals surface area contributed by atoms with Crippen LogP contribution in [0.1, 0.15) is 16.7 Å². The molecule has 0 aliphatic heterocycles. The van der Waals surface area contributed by atoms with Crippen LogP contribution in [0.5, 0.6) is 0 Å². The predicted octanol–water partition coefficient (Wildman–Crippen LogP) is 3.92. The van der Waals surface area contributed by atoms with Crippen LogP contribution >= 0.6 is 0 Å². The zero-order valence-corrected chi connectivity index (χ0v) is 8.69. The molecule has 0 saturated carbocycles. The van der Waals surface area contributed by atoms with Crippen molar-refractivity contribution < 1.29 is 0 Å². The maximum absolute atomic E-state index is 3.78. The molecule has 15 heavy (non-hydrogen) atoms. The first-order chi connectivity index (χ1) is 7.38. The summed E-state index contributed by atoms with van der Waals surface area (Å²) in [5.74, 6) is 0. The summed E-state index contributed by atoms with van der Waals surface area (Å²) in [6.45, 7) is 3.78. The molecule has 0 saturated heterocycles. The van der Waals surface area contributed by atoms with E-state index in [4.69, 9.17) is 0 Å². The Morgan fingerprint density at radius 1 is 0.867 bits per heavy atom. The molecular weight excluding hydrogens is 180 g/mol. The van der Waals surface area contributed by atoms with Crippen LogP contribution in [0.2, 0.25) is 0 Å². The van der Waals surface area contributed by atoms with E-state index in [1.54, 1.807) is 0 Å². The van der Waals surface area contributed by atoms with Gasteiger partial charge in [0, 0.05) is 0 Å². The highest BCUT2D eigenvalue weighted by atomic mass is 14.0. The lowest BCUT2D eigenvalue weighted by molar-refractivity contribution is 1.19. The fourth-order valence-electron chi connectivity index (χ4n) is 1.66. The molecule has 0 aromatic heterocycles. The van der Waals surface area contributed by atoms with Crippen molar-refractivity contribution in [3.63, 3.8) is 0 Å². The Kier molecular flexibility index (Phi) is 2.99. The number of hydrogen-bond donors (Lipinski definition) is 0. The molecule has 2 aromatic rings. The lowest BCUT2D eigenvalue weighted by atomic mass is 10.0. The van der Waals surface area contributed by atoms with Crippen molar-refractivity contribution in [2.45, 2.75) is 6.42 Å². The fourth-order valence-corrected chi connectivity index (χ4v) is 1.66. The van der Waals surface area contributed by atoms with E-state index in [0.717, 1.165) is 6.42 Å². The SMILES string of the molecule is C=Cc1cccc(Cc2ccccc2)c1. The minimum atomic E-state index is 0.989. The minimum absolute atomic E-state index is 0.989. The highest BCUT2D eigenvalue weighted by Gasteiger charge is 1.95. The van der Waals surface area contributed by atoms with E-state index in [1.165, 1.54) is 16.7 Å². The van der Waals surface area contributed by atoms with Crippen molar-refractivity contribution in [1.29, 1.82) is 0 Å². The summed E-state index contributed by atoms with van der Waals surface area (Å²) < 4.78 is 0. The lowest BCUT2D eigenvalue weighted by Gasteiger charge is -2.02. The van der Waals surface area contributed by atoms with Gasteiger partial charge in [-0.15, -0.1) is 0 Å². The fraction of sp³-hybridized carbons (Fsp3) is 0.0667. The summed E-state index contributed by atoms with van der Waals surface area (Å²) >= 11 is 0. The average Bonchev–Trinajstić information content (AvgIpc) is 2.31. The molecule has 0 atom stereocenters. The number of benzene rings is 2. The van der Waals surface area contributed by atoms with E-state index < -0.39 is 0 Å². The molecule has 0 fully saturated rings. The van der Waals surface area contributed by atoms with Gasteiger partial charge in [0.05, 0.1) is 0 Å². The molecule has 0 heterocycles. The van der Waals surface area contributed by atoms with E-state index in [0.29, 0.717) is 0 Å². The van der Waals surface area contributed by atoms with Gasteiger partial charge in [-0.3, -0.25) is 0 Å². The van der Waals surface area contributed by atoms with E-state index in [9.17, 15) is 0 Å². The Morgan fingerprint density at radius 2 is 1.60 bits per heavy atom. The topological polar surface area (TPSA) is 0 Å². The summed E-state index contributed by atoms with van der Waals surface area (Å²) in [7, 11) is 0. The Labute approximate surface area is 90.9 Å². The van der Waals surface area contributed by atoms with Crippen LogP contribution in [0.25, 0.3) is 6.08 Å². The van der Waals surface area contributed by atoms with Gasteiger partial charge in [-0.05, 0) is 23.1 Å². The quantitative estimate of drug-likeness (QED) is 0.694. The highest BCUT2D eigenvalue weighted by molar-refractivity contribution is 5.48. The Morgan fingerprint density at radius 3 is 2.33 bits per heavy atom. The second kappa shape index (κ2) is 4.61. The third kappa shape index (κ3) is 2.57. The van der Waals surface area contributed by atoms with Gasteiger partial charge in [0.1, 0.15) is 0 Å². The Bertz CT molecular complexity index is 441. The molecule has 0 radical (unpaired) electrons. The van der Waals surface area contributed by atoms with Crippen LogP contribution in [0.15, 0.2) is 61.2 Å². The smallest absolute Gasteiger partial charge is 0.00256 e. The third-order valence-corrected chi connectivity index (χ3v) is 2.44. The lowest BCUT2D eigenvalue weighted by Crippen LogP contribution is -1.87. The molecular formula is C15H14. The van der Waals surface area contributed by atoms with Gasteiger partial charge in [-0.1, -0.05) is 67.3 Å². The summed E-state index contributed by atoms with van der Waals surface area (Å²) in [5, 5.41) is 0. The monoisotopic (exact) mass is 194 g/mol. The summed E-state index contributed by atoms with van der Waals surface area (Å²) in [4.78, 5) is 0. The first-order valence-corrected chi connectivity index (χ1v) is 5.14. The molecule has 0 unspecified atom stereocenters. The maximum atomic E-state index is 3.78. The van der Waals surface area contributed by atoms with Crippen molar-refractivity contribution in [2.24, 2.45) is 0 Å². The summed E-state index contributed by atoms with van der Waals surface area (Å²) in [6.07, 6.45) is 2.87. The summed E-state index contributed by atoms with van der Waals surface area (Å²) in [6, 6.07) is 19.0. The zero-order chi connectivity index (χ0) is 10.5. The van der Waals surface area contributed by atoms with Crippen molar-refractivity contribution in [3.05, 3.63) is 77.9 Å². The van der Waals surface area contributed by atoms with Crippen molar-refractivity contribution in [1.82, 2.24) is 0 Å². The van der Waals surface area contributed by atoms with Crippen LogP contribution in [0.4, 0.5) is 0 Å². The third-order valence-electron chi connectivity index (χ3n) is 2.44. The van der Waals surface area contributed by atoms with Crippen molar-refractivity contribution in [2.75, 3.05) is 0 Å². The molecule has 0 amide bonds. The van der Waals surface area contributed by atoms with E-state index in [-0.39, 0.29) is 0 Å². The number of hydrogen-bond acceptors (Lipinski definition) is 0. The average molecular weight is 194 g/mol. The molecule has 0 heteroatoms. The molecule has 2 aromatic carbocycles. The molecule has 0 aliphatic carbocycles. The largest absolute Gasteiger partial charge is 0.0985 e. The Balaban J connectivity index is 2.21. The van der Waals surface area contributed by atoms with E-state index in [2.05, 4.69) is 55.1 Å². The summed E-state index contributed by atoms with van der Waals surface area (Å²) in [5.41, 5.74) is 3.86. The second-order valence-electron chi connectivity index (χ2n) is 3.61. The normalized spacial score (nSPS) is 9.87. The molecule has 0 bridgehead atoms. The maximum Gasteiger partial charge on any atom is -0.00256 e. The molecule has 0 spiro atoms. The van der Waals surface area contributed by atoms with Gasteiger partial charge in [0.15, 0.2) is 0 Å². The Hall–Kier alpha value is -1.82. The van der Waals surface area contributed by atoms with Crippen molar-refractivity contribution in [3.8, 4) is 0 Å². The van der Waals surface area contributed by atoms with Crippen LogP contribution in [0.3, 0.4) is 0 Å².